The van der Waals surface area contributed by atoms with Gasteiger partial charge >= 0.3 is 11.7 Å². The van der Waals surface area contributed by atoms with E-state index in [-0.39, 0.29) is 6.92 Å². The van der Waals surface area contributed by atoms with E-state index in [2.05, 4.69) is 0 Å². The molecule has 0 fully saturated rings. The Morgan fingerprint density at radius 2 is 1.50 bits per heavy atom. The number of alkyl halides is 3. The number of nitro groups is 1. The lowest BCUT2D eigenvalue weighted by Crippen LogP contribution is -2.43. The predicted molar refractivity (Wildman–Crippen MR) is 38.8 cm³/mol. The SMILES string of the molecule is CC1=C(F)C(F)([N+](=O)[O-])C(F)=C(F)C1(F)F. The summed E-state index contributed by atoms with van der Waals surface area (Å²) in [4.78, 5) is 7.91. The molecule has 1 aliphatic carbocycles. The van der Waals surface area contributed by atoms with Crippen LogP contribution in [-0.4, -0.2) is 16.6 Å². The van der Waals surface area contributed by atoms with Crippen LogP contribution in [0.3, 0.4) is 0 Å². The zero-order valence-electron chi connectivity index (χ0n) is 7.53. The molecule has 1 rings (SSSR count). The van der Waals surface area contributed by atoms with E-state index in [1.54, 1.807) is 0 Å². The van der Waals surface area contributed by atoms with Gasteiger partial charge in [0.25, 0.3) is 5.83 Å². The standard InChI is InChI=1S/C7H3F6NO2/c1-2-3(8)7(13,14(15)16)5(10)4(9)6(2,11)12/h1H3. The lowest BCUT2D eigenvalue weighted by Gasteiger charge is -2.25. The molecule has 0 spiro atoms. The highest BCUT2D eigenvalue weighted by Crippen LogP contribution is 2.49. The quantitative estimate of drug-likeness (QED) is 0.309. The monoisotopic (exact) mass is 247 g/mol. The Labute approximate surface area is 84.2 Å². The molecule has 0 heterocycles. The van der Waals surface area contributed by atoms with E-state index < -0.39 is 39.7 Å². The van der Waals surface area contributed by atoms with Gasteiger partial charge in [0.1, 0.15) is 0 Å². The molecule has 0 saturated heterocycles. The predicted octanol–water partition coefficient (Wildman–Crippen LogP) is 2.97. The van der Waals surface area contributed by atoms with Gasteiger partial charge < -0.3 is 0 Å². The fourth-order valence-electron chi connectivity index (χ4n) is 1.09. The summed E-state index contributed by atoms with van der Waals surface area (Å²) in [5, 5.41) is 10.1. The fraction of sp³-hybridized carbons (Fsp3) is 0.429. The summed E-state index contributed by atoms with van der Waals surface area (Å²) in [5.41, 5.74) is -1.87. The molecule has 1 unspecified atom stereocenters. The summed E-state index contributed by atoms with van der Waals surface area (Å²) in [5.74, 6) is -18.2. The Morgan fingerprint density at radius 3 is 1.88 bits per heavy atom. The maximum absolute atomic E-state index is 13.2. The van der Waals surface area contributed by atoms with Crippen molar-refractivity contribution in [1.29, 1.82) is 0 Å². The average molecular weight is 247 g/mol. The summed E-state index contributed by atoms with van der Waals surface area (Å²) in [6.45, 7) is 0.235. The minimum absolute atomic E-state index is 0.235. The molecule has 0 aromatic carbocycles. The van der Waals surface area contributed by atoms with Gasteiger partial charge in [-0.3, -0.25) is 10.1 Å². The summed E-state index contributed by atoms with van der Waals surface area (Å²) in [6, 6.07) is 0. The van der Waals surface area contributed by atoms with Crippen molar-refractivity contribution in [3.63, 3.8) is 0 Å². The molecule has 0 aromatic rings. The summed E-state index contributed by atoms with van der Waals surface area (Å²) in [7, 11) is 0. The van der Waals surface area contributed by atoms with Gasteiger partial charge in [-0.2, -0.15) is 22.0 Å². The number of hydrogen-bond acceptors (Lipinski definition) is 2. The molecule has 90 valence electrons. The summed E-state index contributed by atoms with van der Waals surface area (Å²) >= 11 is 0. The molecule has 1 aliphatic rings. The maximum atomic E-state index is 13.2. The van der Waals surface area contributed by atoms with Crippen LogP contribution in [0.2, 0.25) is 0 Å². The van der Waals surface area contributed by atoms with Gasteiger partial charge in [-0.15, -0.1) is 0 Å². The van der Waals surface area contributed by atoms with Gasteiger partial charge in [-0.05, 0) is 6.92 Å². The maximum Gasteiger partial charge on any atom is 0.465 e. The molecule has 3 nitrogen and oxygen atoms in total. The van der Waals surface area contributed by atoms with Gasteiger partial charge in [0.2, 0.25) is 11.7 Å². The number of nitrogens with zero attached hydrogens (tertiary/aromatic N) is 1. The van der Waals surface area contributed by atoms with Crippen molar-refractivity contribution < 1.29 is 31.3 Å². The van der Waals surface area contributed by atoms with E-state index >= 15 is 0 Å². The third-order valence-corrected chi connectivity index (χ3v) is 2.10. The Balaban J connectivity index is 3.60. The average Bonchev–Trinajstić information content (AvgIpc) is 2.21. The normalized spacial score (nSPS) is 29.7. The molecule has 0 aliphatic heterocycles. The topological polar surface area (TPSA) is 43.1 Å². The van der Waals surface area contributed by atoms with Crippen molar-refractivity contribution >= 4 is 0 Å². The molecule has 16 heavy (non-hydrogen) atoms. The van der Waals surface area contributed by atoms with Crippen molar-refractivity contribution in [2.75, 3.05) is 0 Å². The van der Waals surface area contributed by atoms with Crippen molar-refractivity contribution in [3.05, 3.63) is 33.2 Å². The molecule has 0 amide bonds. The number of halogens is 6. The number of rotatable bonds is 1. The van der Waals surface area contributed by atoms with E-state index in [9.17, 15) is 36.5 Å². The molecule has 0 radical (unpaired) electrons. The van der Waals surface area contributed by atoms with E-state index in [4.69, 9.17) is 0 Å². The number of allylic oxidation sites excluding steroid dienone is 2. The Hall–Kier alpha value is -1.54. The lowest BCUT2D eigenvalue weighted by atomic mass is 9.95. The summed E-state index contributed by atoms with van der Waals surface area (Å²) < 4.78 is 77.0. The van der Waals surface area contributed by atoms with Crippen LogP contribution in [0.4, 0.5) is 26.3 Å². The second-order valence-corrected chi connectivity index (χ2v) is 3.02. The Morgan fingerprint density at radius 1 is 1.06 bits per heavy atom. The fourth-order valence-corrected chi connectivity index (χ4v) is 1.09. The third-order valence-electron chi connectivity index (χ3n) is 2.10. The van der Waals surface area contributed by atoms with Crippen LogP contribution in [-0.2, 0) is 0 Å². The van der Waals surface area contributed by atoms with Crippen LogP contribution < -0.4 is 0 Å². The molecule has 1 atom stereocenters. The molecule has 9 heteroatoms. The molecule has 0 N–H and O–H groups in total. The van der Waals surface area contributed by atoms with Crippen LogP contribution in [0.25, 0.3) is 0 Å². The first-order valence-electron chi connectivity index (χ1n) is 3.72. The highest BCUT2D eigenvalue weighted by molar-refractivity contribution is 5.40. The van der Waals surface area contributed by atoms with Crippen molar-refractivity contribution in [2.24, 2.45) is 0 Å². The van der Waals surface area contributed by atoms with Crippen LogP contribution in [0.15, 0.2) is 23.1 Å². The van der Waals surface area contributed by atoms with Crippen LogP contribution in [0.1, 0.15) is 6.92 Å². The van der Waals surface area contributed by atoms with E-state index in [1.165, 1.54) is 0 Å². The minimum Gasteiger partial charge on any atom is -0.261 e. The Kier molecular flexibility index (Phi) is 2.52. The van der Waals surface area contributed by atoms with E-state index in [1.807, 2.05) is 0 Å². The lowest BCUT2D eigenvalue weighted by molar-refractivity contribution is -0.588. The highest BCUT2D eigenvalue weighted by Gasteiger charge is 2.65. The first kappa shape index (κ1) is 12.5. The van der Waals surface area contributed by atoms with Crippen molar-refractivity contribution in [3.8, 4) is 0 Å². The van der Waals surface area contributed by atoms with E-state index in [0.717, 1.165) is 0 Å². The molecular weight excluding hydrogens is 244 g/mol. The van der Waals surface area contributed by atoms with Crippen LogP contribution in [0, 0.1) is 10.1 Å². The third kappa shape index (κ3) is 1.23. The summed E-state index contributed by atoms with van der Waals surface area (Å²) in [6.07, 6.45) is 0. The van der Waals surface area contributed by atoms with Crippen LogP contribution in [0.5, 0.6) is 0 Å². The van der Waals surface area contributed by atoms with Crippen LogP contribution >= 0.6 is 0 Å². The van der Waals surface area contributed by atoms with E-state index in [0.29, 0.717) is 0 Å². The zero-order valence-corrected chi connectivity index (χ0v) is 7.53. The van der Waals surface area contributed by atoms with Gasteiger partial charge in [-0.1, -0.05) is 0 Å². The van der Waals surface area contributed by atoms with Gasteiger partial charge in [-0.25, -0.2) is 4.39 Å². The first-order valence-corrected chi connectivity index (χ1v) is 3.72. The van der Waals surface area contributed by atoms with Crippen molar-refractivity contribution in [1.82, 2.24) is 0 Å². The van der Waals surface area contributed by atoms with Gasteiger partial charge in [0.15, 0.2) is 0 Å². The van der Waals surface area contributed by atoms with Gasteiger partial charge in [0, 0.05) is 5.57 Å². The second kappa shape index (κ2) is 3.22. The highest BCUT2D eigenvalue weighted by atomic mass is 19.3. The number of hydrogen-bond donors (Lipinski definition) is 0. The molecule has 0 aromatic heterocycles. The Bertz CT molecular complexity index is 399. The molecule has 0 bridgehead atoms. The minimum atomic E-state index is -4.72. The molecule has 0 saturated carbocycles. The van der Waals surface area contributed by atoms with Crippen molar-refractivity contribution in [2.45, 2.75) is 18.6 Å². The smallest absolute Gasteiger partial charge is 0.261 e. The van der Waals surface area contributed by atoms with Gasteiger partial charge in [0.05, 0.1) is 4.92 Å². The second-order valence-electron chi connectivity index (χ2n) is 3.02. The molecular formula is C7H3F6NO2. The largest absolute Gasteiger partial charge is 0.465 e. The zero-order chi connectivity index (χ0) is 12.9. The first-order chi connectivity index (χ1) is 7.07.